The molecule has 2 aromatic rings. The minimum atomic E-state index is -1.20. The van der Waals surface area contributed by atoms with E-state index in [2.05, 4.69) is 30.7 Å². The lowest BCUT2D eigenvalue weighted by atomic mass is 9.72. The van der Waals surface area contributed by atoms with Crippen LogP contribution in [0, 0.1) is 11.3 Å². The minimum Gasteiger partial charge on any atom is -0.465 e. The molecule has 1 N–H and O–H groups in total. The lowest BCUT2D eigenvalue weighted by Crippen LogP contribution is -2.46. The van der Waals surface area contributed by atoms with E-state index in [4.69, 9.17) is 0 Å². The van der Waals surface area contributed by atoms with E-state index in [0.29, 0.717) is 12.0 Å². The molecule has 0 aromatic carbocycles. The lowest BCUT2D eigenvalue weighted by molar-refractivity contribution is -0.128. The molecular weight excluding hydrogens is 356 g/mol. The quantitative estimate of drug-likeness (QED) is 0.767. The van der Waals surface area contributed by atoms with Crippen molar-refractivity contribution in [1.29, 1.82) is 0 Å². The summed E-state index contributed by atoms with van der Waals surface area (Å²) in [5.41, 5.74) is 4.18. The summed E-state index contributed by atoms with van der Waals surface area (Å²) in [5.74, 6) is -0.455. The van der Waals surface area contributed by atoms with Gasteiger partial charge in [-0.05, 0) is 48.8 Å². The Balaban J connectivity index is 1.79. The zero-order chi connectivity index (χ0) is 20.1. The summed E-state index contributed by atoms with van der Waals surface area (Å²) in [6.07, 6.45) is 6.37. The molecule has 2 aromatic heterocycles. The molecule has 28 heavy (non-hydrogen) atoms. The maximum atomic E-state index is 12.9. The third kappa shape index (κ3) is 3.00. The number of imide groups is 1. The first kappa shape index (κ1) is 18.4. The number of carbonyl (C=O) groups is 2. The Morgan fingerprint density at radius 3 is 2.79 bits per heavy atom. The number of piperidine rings is 1. The molecule has 2 aliphatic heterocycles. The predicted molar refractivity (Wildman–Crippen MR) is 104 cm³/mol. The summed E-state index contributed by atoms with van der Waals surface area (Å²) in [7, 11) is 0. The highest BCUT2D eigenvalue weighted by Gasteiger charge is 2.40. The van der Waals surface area contributed by atoms with Crippen LogP contribution in [0.25, 0.3) is 11.8 Å². The van der Waals surface area contributed by atoms with Crippen LogP contribution < -0.4 is 0 Å². The van der Waals surface area contributed by atoms with Gasteiger partial charge in [-0.2, -0.15) is 0 Å². The molecule has 1 fully saturated rings. The van der Waals surface area contributed by atoms with Gasteiger partial charge < -0.3 is 9.67 Å². The van der Waals surface area contributed by atoms with Gasteiger partial charge >= 0.3 is 6.09 Å². The Bertz CT molecular complexity index is 984. The summed E-state index contributed by atoms with van der Waals surface area (Å²) in [5, 5.41) is 9.39. The highest BCUT2D eigenvalue weighted by Crippen LogP contribution is 2.40. The number of aromatic nitrogens is 3. The number of aryl methyl sites for hydroxylation is 1. The van der Waals surface area contributed by atoms with Gasteiger partial charge in [-0.25, -0.2) is 14.7 Å². The van der Waals surface area contributed by atoms with Crippen LogP contribution in [0.5, 0.6) is 0 Å². The summed E-state index contributed by atoms with van der Waals surface area (Å²) in [6.45, 7) is 6.48. The zero-order valence-corrected chi connectivity index (χ0v) is 16.3. The highest BCUT2D eigenvalue weighted by atomic mass is 16.4. The van der Waals surface area contributed by atoms with Gasteiger partial charge in [-0.3, -0.25) is 9.78 Å². The standard InChI is InChI=1S/C21H24N4O3/c1-21(2,3)14-8-10-24(20(27)28)19(26)13(14)11-16-18-7-6-15-17(5-4-9-22-15)25(18)12-23-16/h4-5,9,11-12,14H,6-8,10H2,1-3H3,(H,27,28). The summed E-state index contributed by atoms with van der Waals surface area (Å²) in [4.78, 5) is 34.3. The molecule has 1 saturated heterocycles. The van der Waals surface area contributed by atoms with E-state index in [-0.39, 0.29) is 17.9 Å². The van der Waals surface area contributed by atoms with E-state index in [9.17, 15) is 14.7 Å². The van der Waals surface area contributed by atoms with Gasteiger partial charge in [-0.1, -0.05) is 20.8 Å². The molecule has 0 radical (unpaired) electrons. The SMILES string of the molecule is CC(C)(C)C1CCN(C(=O)O)C(=O)C1=Cc1ncn2c1CCc1ncccc1-2. The van der Waals surface area contributed by atoms with Gasteiger partial charge in [0.1, 0.15) is 6.33 Å². The number of fused-ring (bicyclic) bond motifs is 3. The van der Waals surface area contributed by atoms with Crippen molar-refractivity contribution in [2.75, 3.05) is 6.54 Å². The molecule has 0 aliphatic carbocycles. The van der Waals surface area contributed by atoms with Crippen LogP contribution in [0.15, 0.2) is 30.2 Å². The van der Waals surface area contributed by atoms with Crippen molar-refractivity contribution in [1.82, 2.24) is 19.4 Å². The third-order valence-electron chi connectivity index (χ3n) is 5.70. The number of nitrogens with zero attached hydrogens (tertiary/aromatic N) is 4. The molecule has 7 nitrogen and oxygen atoms in total. The van der Waals surface area contributed by atoms with Gasteiger partial charge in [0.05, 0.1) is 22.8 Å². The van der Waals surface area contributed by atoms with Crippen molar-refractivity contribution in [3.8, 4) is 5.69 Å². The Labute approximate surface area is 163 Å². The smallest absolute Gasteiger partial charge is 0.414 e. The molecule has 4 heterocycles. The van der Waals surface area contributed by atoms with Gasteiger partial charge in [0.15, 0.2) is 0 Å². The summed E-state index contributed by atoms with van der Waals surface area (Å²) >= 11 is 0. The van der Waals surface area contributed by atoms with Gasteiger partial charge in [0, 0.05) is 18.3 Å². The lowest BCUT2D eigenvalue weighted by Gasteiger charge is -2.38. The number of carbonyl (C=O) groups excluding carboxylic acids is 1. The second-order valence-corrected chi connectivity index (χ2v) is 8.46. The second kappa shape index (κ2) is 6.58. The first-order chi connectivity index (χ1) is 13.3. The highest BCUT2D eigenvalue weighted by molar-refractivity contribution is 6.06. The van der Waals surface area contributed by atoms with E-state index >= 15 is 0 Å². The molecule has 0 saturated carbocycles. The molecule has 0 spiro atoms. The van der Waals surface area contributed by atoms with E-state index in [1.807, 2.05) is 16.7 Å². The number of hydrogen-bond acceptors (Lipinski definition) is 4. The summed E-state index contributed by atoms with van der Waals surface area (Å²) < 4.78 is 2.02. The molecular formula is C21H24N4O3. The van der Waals surface area contributed by atoms with Crippen molar-refractivity contribution in [2.45, 2.75) is 40.0 Å². The molecule has 2 aliphatic rings. The van der Waals surface area contributed by atoms with Gasteiger partial charge in [0.25, 0.3) is 5.91 Å². The van der Waals surface area contributed by atoms with Crippen molar-refractivity contribution in [3.05, 3.63) is 47.3 Å². The minimum absolute atomic E-state index is 0.0227. The number of carboxylic acid groups (broad SMARTS) is 1. The fourth-order valence-electron chi connectivity index (χ4n) is 4.25. The van der Waals surface area contributed by atoms with Crippen LogP contribution in [0.1, 0.15) is 44.3 Å². The number of likely N-dealkylation sites (tertiary alicyclic amines) is 1. The fourth-order valence-corrected chi connectivity index (χ4v) is 4.25. The van der Waals surface area contributed by atoms with E-state index in [0.717, 1.165) is 40.5 Å². The molecule has 1 unspecified atom stereocenters. The monoisotopic (exact) mass is 380 g/mol. The van der Waals surface area contributed by atoms with Crippen molar-refractivity contribution < 1.29 is 14.7 Å². The number of amides is 2. The maximum absolute atomic E-state index is 12.9. The fraction of sp³-hybridized carbons (Fsp3) is 0.429. The first-order valence-corrected chi connectivity index (χ1v) is 9.54. The van der Waals surface area contributed by atoms with Crippen molar-refractivity contribution in [2.24, 2.45) is 11.3 Å². The predicted octanol–water partition coefficient (Wildman–Crippen LogP) is 3.32. The largest absolute Gasteiger partial charge is 0.465 e. The normalized spacial score (nSPS) is 20.8. The number of imidazole rings is 1. The number of pyridine rings is 1. The van der Waals surface area contributed by atoms with E-state index in [1.165, 1.54) is 0 Å². The Morgan fingerprint density at radius 1 is 1.29 bits per heavy atom. The van der Waals surface area contributed by atoms with Gasteiger partial charge in [0.2, 0.25) is 0 Å². The van der Waals surface area contributed by atoms with Crippen molar-refractivity contribution in [3.63, 3.8) is 0 Å². The third-order valence-corrected chi connectivity index (χ3v) is 5.70. The average Bonchev–Trinajstić information content (AvgIpc) is 3.05. The Hall–Kier alpha value is -2.96. The Morgan fingerprint density at radius 2 is 2.07 bits per heavy atom. The van der Waals surface area contributed by atoms with E-state index in [1.54, 1.807) is 18.6 Å². The molecule has 146 valence electrons. The second-order valence-electron chi connectivity index (χ2n) is 8.46. The molecule has 1 atom stereocenters. The molecule has 4 rings (SSSR count). The van der Waals surface area contributed by atoms with Crippen LogP contribution in [0.4, 0.5) is 4.79 Å². The molecule has 2 amide bonds. The van der Waals surface area contributed by atoms with Crippen LogP contribution in [0.2, 0.25) is 0 Å². The van der Waals surface area contributed by atoms with Gasteiger partial charge in [-0.15, -0.1) is 0 Å². The zero-order valence-electron chi connectivity index (χ0n) is 16.3. The average molecular weight is 380 g/mol. The number of hydrogen-bond donors (Lipinski definition) is 1. The first-order valence-electron chi connectivity index (χ1n) is 9.54. The van der Waals surface area contributed by atoms with Crippen molar-refractivity contribution >= 4 is 18.1 Å². The maximum Gasteiger partial charge on any atom is 0.414 e. The topological polar surface area (TPSA) is 88.3 Å². The van der Waals surface area contributed by atoms with Crippen LogP contribution in [-0.4, -0.2) is 43.1 Å². The van der Waals surface area contributed by atoms with E-state index < -0.39 is 12.0 Å². The van der Waals surface area contributed by atoms with Crippen LogP contribution in [-0.2, 0) is 17.6 Å². The van der Waals surface area contributed by atoms with Crippen LogP contribution in [0.3, 0.4) is 0 Å². The summed E-state index contributed by atoms with van der Waals surface area (Å²) in [6, 6.07) is 3.91. The number of rotatable bonds is 1. The molecule has 0 bridgehead atoms. The molecule has 7 heteroatoms. The Kier molecular flexibility index (Phi) is 4.33. The van der Waals surface area contributed by atoms with Crippen LogP contribution >= 0.6 is 0 Å².